The molecule has 2 heterocycles. The molecule has 3 nitrogen and oxygen atoms in total. The van der Waals surface area contributed by atoms with Crippen molar-refractivity contribution in [3.8, 4) is 0 Å². The van der Waals surface area contributed by atoms with Crippen LogP contribution in [0, 0.1) is 6.92 Å². The van der Waals surface area contributed by atoms with Gasteiger partial charge in [0, 0.05) is 24.8 Å². The summed E-state index contributed by atoms with van der Waals surface area (Å²) < 4.78 is 0. The van der Waals surface area contributed by atoms with Crippen molar-refractivity contribution in [1.82, 2.24) is 4.98 Å². The molecule has 3 heteroatoms. The lowest BCUT2D eigenvalue weighted by atomic mass is 9.99. The van der Waals surface area contributed by atoms with Crippen LogP contribution >= 0.6 is 0 Å². The van der Waals surface area contributed by atoms with Gasteiger partial charge in [-0.2, -0.15) is 0 Å². The molecule has 2 aromatic rings. The number of aromatic nitrogens is 1. The second-order valence-corrected chi connectivity index (χ2v) is 6.11. The monoisotopic (exact) mass is 296 g/mol. The van der Waals surface area contributed by atoms with Crippen LogP contribution in [0.4, 0.5) is 5.82 Å². The van der Waals surface area contributed by atoms with E-state index in [1.807, 2.05) is 36.5 Å². The quantitative estimate of drug-likeness (QED) is 0.934. The molecule has 0 aliphatic carbocycles. The predicted octanol–water partition coefficient (Wildman–Crippen LogP) is 3.85. The molecule has 1 fully saturated rings. The summed E-state index contributed by atoms with van der Waals surface area (Å²) in [7, 11) is 0. The molecule has 1 aliphatic heterocycles. The maximum absolute atomic E-state index is 10.6. The minimum atomic E-state index is -0.605. The summed E-state index contributed by atoms with van der Waals surface area (Å²) in [6, 6.07) is 11.9. The number of benzene rings is 1. The lowest BCUT2D eigenvalue weighted by molar-refractivity contribution is 0.219. The Bertz CT molecular complexity index is 604. The van der Waals surface area contributed by atoms with Gasteiger partial charge in [0.25, 0.3) is 0 Å². The van der Waals surface area contributed by atoms with Crippen LogP contribution in [0.1, 0.15) is 48.5 Å². The molecule has 22 heavy (non-hydrogen) atoms. The van der Waals surface area contributed by atoms with Gasteiger partial charge >= 0.3 is 0 Å². The fraction of sp³-hybridized carbons (Fsp3) is 0.421. The number of pyridine rings is 1. The molecule has 0 amide bonds. The second kappa shape index (κ2) is 6.93. The summed E-state index contributed by atoms with van der Waals surface area (Å²) in [6.07, 6.45) is 6.37. The highest BCUT2D eigenvalue weighted by molar-refractivity contribution is 5.45. The highest BCUT2D eigenvalue weighted by Crippen LogP contribution is 2.27. The van der Waals surface area contributed by atoms with E-state index in [1.54, 1.807) is 0 Å². The lowest BCUT2D eigenvalue weighted by Crippen LogP contribution is -2.25. The number of nitrogens with zero attached hydrogens (tertiary/aromatic N) is 2. The summed E-state index contributed by atoms with van der Waals surface area (Å²) in [4.78, 5) is 6.99. The fourth-order valence-electron chi connectivity index (χ4n) is 3.13. The van der Waals surface area contributed by atoms with E-state index >= 15 is 0 Å². The Morgan fingerprint density at radius 1 is 1.05 bits per heavy atom. The molecule has 116 valence electrons. The number of hydrogen-bond donors (Lipinski definition) is 1. The van der Waals surface area contributed by atoms with Crippen molar-refractivity contribution in [2.24, 2.45) is 0 Å². The summed E-state index contributed by atoms with van der Waals surface area (Å²) in [6.45, 7) is 4.24. The van der Waals surface area contributed by atoms with Crippen LogP contribution in [-0.4, -0.2) is 23.2 Å². The van der Waals surface area contributed by atoms with E-state index in [2.05, 4.69) is 22.9 Å². The highest BCUT2D eigenvalue weighted by atomic mass is 16.3. The highest BCUT2D eigenvalue weighted by Gasteiger charge is 2.16. The van der Waals surface area contributed by atoms with E-state index in [0.717, 1.165) is 35.6 Å². The van der Waals surface area contributed by atoms with E-state index in [0.29, 0.717) is 0 Å². The van der Waals surface area contributed by atoms with Crippen LogP contribution in [0.5, 0.6) is 0 Å². The van der Waals surface area contributed by atoms with Gasteiger partial charge in [0.1, 0.15) is 11.9 Å². The van der Waals surface area contributed by atoms with Gasteiger partial charge in [-0.05, 0) is 37.0 Å². The van der Waals surface area contributed by atoms with Crippen LogP contribution in [0.3, 0.4) is 0 Å². The van der Waals surface area contributed by atoms with Gasteiger partial charge in [0.15, 0.2) is 0 Å². The number of anilines is 1. The number of aryl methyl sites for hydroxylation is 1. The maximum atomic E-state index is 10.6. The van der Waals surface area contributed by atoms with E-state index in [4.69, 9.17) is 0 Å². The maximum Gasteiger partial charge on any atom is 0.128 e. The summed E-state index contributed by atoms with van der Waals surface area (Å²) >= 11 is 0. The predicted molar refractivity (Wildman–Crippen MR) is 90.2 cm³/mol. The Labute approximate surface area is 132 Å². The van der Waals surface area contributed by atoms with Crippen LogP contribution in [0.15, 0.2) is 42.6 Å². The molecule has 1 saturated heterocycles. The molecule has 1 N–H and O–H groups in total. The smallest absolute Gasteiger partial charge is 0.128 e. The molecule has 1 atom stereocenters. The zero-order valence-corrected chi connectivity index (χ0v) is 13.2. The minimum absolute atomic E-state index is 0.605. The summed E-state index contributed by atoms with van der Waals surface area (Å²) in [5, 5.41) is 10.6. The number of hydrogen-bond acceptors (Lipinski definition) is 3. The van der Waals surface area contributed by atoms with Gasteiger partial charge in [-0.3, -0.25) is 0 Å². The van der Waals surface area contributed by atoms with Gasteiger partial charge < -0.3 is 10.0 Å². The molecule has 3 rings (SSSR count). The van der Waals surface area contributed by atoms with Gasteiger partial charge in [0.2, 0.25) is 0 Å². The third-order valence-electron chi connectivity index (χ3n) is 4.48. The molecular formula is C19H24N2O. The SMILES string of the molecule is Cc1cc(N2CCCCCC2)ncc1[C@H](O)c1ccccc1. The third-order valence-corrected chi connectivity index (χ3v) is 4.48. The summed E-state index contributed by atoms with van der Waals surface area (Å²) in [5.41, 5.74) is 2.91. The first-order valence-electron chi connectivity index (χ1n) is 8.20. The molecule has 1 aromatic heterocycles. The largest absolute Gasteiger partial charge is 0.384 e. The van der Waals surface area contributed by atoms with Crippen molar-refractivity contribution in [3.63, 3.8) is 0 Å². The van der Waals surface area contributed by atoms with Crippen molar-refractivity contribution in [1.29, 1.82) is 0 Å². The Morgan fingerprint density at radius 2 is 1.73 bits per heavy atom. The number of rotatable bonds is 3. The molecule has 0 spiro atoms. The van der Waals surface area contributed by atoms with E-state index in [1.165, 1.54) is 25.7 Å². The standard InChI is InChI=1S/C19H24N2O/c1-15-13-18(21-11-7-2-3-8-12-21)20-14-17(15)19(22)16-9-5-4-6-10-16/h4-6,9-10,13-14,19,22H,2-3,7-8,11-12H2,1H3/t19-/m1/s1. The molecule has 0 bridgehead atoms. The van der Waals surface area contributed by atoms with Crippen LogP contribution < -0.4 is 4.90 Å². The molecular weight excluding hydrogens is 272 g/mol. The molecule has 0 radical (unpaired) electrons. The first-order chi connectivity index (χ1) is 10.8. The van der Waals surface area contributed by atoms with E-state index in [-0.39, 0.29) is 0 Å². The lowest BCUT2D eigenvalue weighted by Gasteiger charge is -2.23. The van der Waals surface area contributed by atoms with E-state index in [9.17, 15) is 5.11 Å². The van der Waals surface area contributed by atoms with Crippen LogP contribution in [-0.2, 0) is 0 Å². The van der Waals surface area contributed by atoms with E-state index < -0.39 is 6.10 Å². The fourth-order valence-corrected chi connectivity index (χ4v) is 3.13. The first kappa shape index (κ1) is 15.0. The molecule has 0 unspecified atom stereocenters. The minimum Gasteiger partial charge on any atom is -0.384 e. The number of aliphatic hydroxyl groups excluding tert-OH is 1. The van der Waals surface area contributed by atoms with Crippen molar-refractivity contribution in [2.75, 3.05) is 18.0 Å². The average molecular weight is 296 g/mol. The van der Waals surface area contributed by atoms with Crippen LogP contribution in [0.2, 0.25) is 0 Å². The first-order valence-corrected chi connectivity index (χ1v) is 8.20. The zero-order valence-electron chi connectivity index (χ0n) is 13.2. The van der Waals surface area contributed by atoms with Crippen molar-refractivity contribution in [3.05, 3.63) is 59.3 Å². The van der Waals surface area contributed by atoms with Gasteiger partial charge in [0.05, 0.1) is 0 Å². The van der Waals surface area contributed by atoms with Crippen molar-refractivity contribution < 1.29 is 5.11 Å². The summed E-state index contributed by atoms with van der Waals surface area (Å²) in [5.74, 6) is 1.04. The van der Waals surface area contributed by atoms with Gasteiger partial charge in [-0.25, -0.2) is 4.98 Å². The molecule has 0 saturated carbocycles. The Morgan fingerprint density at radius 3 is 2.36 bits per heavy atom. The Balaban J connectivity index is 1.82. The van der Waals surface area contributed by atoms with Crippen LogP contribution in [0.25, 0.3) is 0 Å². The Kier molecular flexibility index (Phi) is 4.74. The number of aliphatic hydroxyl groups is 1. The zero-order chi connectivity index (χ0) is 15.4. The Hall–Kier alpha value is -1.87. The van der Waals surface area contributed by atoms with Crippen molar-refractivity contribution in [2.45, 2.75) is 38.7 Å². The topological polar surface area (TPSA) is 36.4 Å². The van der Waals surface area contributed by atoms with Crippen molar-refractivity contribution >= 4 is 5.82 Å². The average Bonchev–Trinajstić information content (AvgIpc) is 2.84. The third kappa shape index (κ3) is 3.30. The normalized spacial score (nSPS) is 17.1. The van der Waals surface area contributed by atoms with Gasteiger partial charge in [-0.15, -0.1) is 0 Å². The molecule has 1 aliphatic rings. The van der Waals surface area contributed by atoms with Gasteiger partial charge in [-0.1, -0.05) is 43.2 Å². The molecule has 1 aromatic carbocycles. The second-order valence-electron chi connectivity index (χ2n) is 6.11.